The van der Waals surface area contributed by atoms with E-state index in [-0.39, 0.29) is 5.97 Å². The Morgan fingerprint density at radius 1 is 1.33 bits per heavy atom. The van der Waals surface area contributed by atoms with Crippen molar-refractivity contribution in [2.24, 2.45) is 0 Å². The van der Waals surface area contributed by atoms with Crippen LogP contribution in [-0.4, -0.2) is 13.1 Å². The highest BCUT2D eigenvalue weighted by Crippen LogP contribution is 2.24. The van der Waals surface area contributed by atoms with E-state index in [1.165, 1.54) is 12.7 Å². The van der Waals surface area contributed by atoms with Crippen molar-refractivity contribution >= 4 is 5.97 Å². The largest absolute Gasteiger partial charge is 0.469 e. The number of methoxy groups -OCH3 is 1. The highest BCUT2D eigenvalue weighted by molar-refractivity contribution is 5.69. The third kappa shape index (κ3) is 3.74. The second-order valence-electron chi connectivity index (χ2n) is 3.63. The van der Waals surface area contributed by atoms with E-state index in [1.54, 1.807) is 0 Å². The van der Waals surface area contributed by atoms with Crippen molar-refractivity contribution in [2.75, 3.05) is 7.11 Å². The highest BCUT2D eigenvalue weighted by Gasteiger charge is 2.11. The van der Waals surface area contributed by atoms with Crippen LogP contribution in [0.4, 0.5) is 0 Å². The van der Waals surface area contributed by atoms with Gasteiger partial charge in [-0.15, -0.1) is 0 Å². The minimum absolute atomic E-state index is 0.121. The molecule has 0 aliphatic heterocycles. The van der Waals surface area contributed by atoms with E-state index in [1.807, 2.05) is 18.2 Å². The summed E-state index contributed by atoms with van der Waals surface area (Å²) in [5.74, 6) is 0.342. The SMILES string of the molecule is CC[C@@H](CCC(=O)OC)c1ccccc1. The number of esters is 1. The first-order chi connectivity index (χ1) is 7.27. The van der Waals surface area contributed by atoms with Crippen LogP contribution in [0.2, 0.25) is 0 Å². The summed E-state index contributed by atoms with van der Waals surface area (Å²) >= 11 is 0. The van der Waals surface area contributed by atoms with Crippen LogP contribution >= 0.6 is 0 Å². The number of carbonyl (C=O) groups is 1. The Balaban J connectivity index is 2.53. The fraction of sp³-hybridized carbons (Fsp3) is 0.462. The maximum absolute atomic E-state index is 11.0. The smallest absolute Gasteiger partial charge is 0.305 e. The van der Waals surface area contributed by atoms with Crippen LogP contribution in [0.1, 0.15) is 37.7 Å². The molecule has 0 aliphatic carbocycles. The third-order valence-electron chi connectivity index (χ3n) is 2.69. The minimum Gasteiger partial charge on any atom is -0.469 e. The van der Waals surface area contributed by atoms with Gasteiger partial charge in [0.2, 0.25) is 0 Å². The second-order valence-corrected chi connectivity index (χ2v) is 3.63. The molecule has 1 aromatic rings. The molecule has 0 unspecified atom stereocenters. The van der Waals surface area contributed by atoms with Crippen molar-refractivity contribution < 1.29 is 9.53 Å². The monoisotopic (exact) mass is 206 g/mol. The summed E-state index contributed by atoms with van der Waals surface area (Å²) in [5, 5.41) is 0. The van der Waals surface area contributed by atoms with E-state index in [0.29, 0.717) is 12.3 Å². The lowest BCUT2D eigenvalue weighted by Gasteiger charge is -2.14. The topological polar surface area (TPSA) is 26.3 Å². The predicted octanol–water partition coefficient (Wildman–Crippen LogP) is 3.13. The van der Waals surface area contributed by atoms with E-state index < -0.39 is 0 Å². The van der Waals surface area contributed by atoms with E-state index in [4.69, 9.17) is 0 Å². The van der Waals surface area contributed by atoms with Crippen molar-refractivity contribution in [3.05, 3.63) is 35.9 Å². The number of rotatable bonds is 5. The average molecular weight is 206 g/mol. The van der Waals surface area contributed by atoms with Gasteiger partial charge in [-0.25, -0.2) is 0 Å². The Hall–Kier alpha value is -1.31. The van der Waals surface area contributed by atoms with E-state index in [2.05, 4.69) is 23.8 Å². The molecule has 0 saturated carbocycles. The Morgan fingerprint density at radius 3 is 2.53 bits per heavy atom. The molecule has 2 heteroatoms. The second kappa shape index (κ2) is 6.23. The van der Waals surface area contributed by atoms with Gasteiger partial charge in [0, 0.05) is 6.42 Å². The number of hydrogen-bond acceptors (Lipinski definition) is 2. The van der Waals surface area contributed by atoms with Crippen molar-refractivity contribution in [2.45, 2.75) is 32.1 Å². The molecule has 0 fully saturated rings. The normalized spacial score (nSPS) is 12.1. The summed E-state index contributed by atoms with van der Waals surface area (Å²) in [6.45, 7) is 2.15. The molecule has 0 saturated heterocycles. The summed E-state index contributed by atoms with van der Waals surface area (Å²) in [7, 11) is 1.44. The lowest BCUT2D eigenvalue weighted by molar-refractivity contribution is -0.140. The zero-order valence-corrected chi connectivity index (χ0v) is 9.40. The van der Waals surface area contributed by atoms with Crippen LogP contribution in [-0.2, 0) is 9.53 Å². The number of benzene rings is 1. The molecule has 1 rings (SSSR count). The molecular weight excluding hydrogens is 188 g/mol. The molecular formula is C13H18O2. The van der Waals surface area contributed by atoms with Gasteiger partial charge in [0.1, 0.15) is 0 Å². The molecule has 0 heterocycles. The first kappa shape index (κ1) is 11.8. The van der Waals surface area contributed by atoms with Crippen molar-refractivity contribution in [1.82, 2.24) is 0 Å². The van der Waals surface area contributed by atoms with Crippen LogP contribution < -0.4 is 0 Å². The Labute approximate surface area is 91.3 Å². The van der Waals surface area contributed by atoms with Gasteiger partial charge >= 0.3 is 5.97 Å². The van der Waals surface area contributed by atoms with Crippen LogP contribution in [0.3, 0.4) is 0 Å². The fourth-order valence-electron chi connectivity index (χ4n) is 1.73. The van der Waals surface area contributed by atoms with Gasteiger partial charge in [-0.1, -0.05) is 37.3 Å². The van der Waals surface area contributed by atoms with Gasteiger partial charge in [-0.05, 0) is 24.3 Å². The molecule has 0 bridgehead atoms. The molecule has 15 heavy (non-hydrogen) atoms. The fourth-order valence-corrected chi connectivity index (χ4v) is 1.73. The summed E-state index contributed by atoms with van der Waals surface area (Å²) in [4.78, 5) is 11.0. The summed E-state index contributed by atoms with van der Waals surface area (Å²) in [6, 6.07) is 10.3. The maximum atomic E-state index is 11.0. The Bertz CT molecular complexity index is 293. The van der Waals surface area contributed by atoms with E-state index in [9.17, 15) is 4.79 Å². The lowest BCUT2D eigenvalue weighted by atomic mass is 9.92. The summed E-state index contributed by atoms with van der Waals surface area (Å²) in [5.41, 5.74) is 1.31. The van der Waals surface area contributed by atoms with Crippen LogP contribution in [0.25, 0.3) is 0 Å². The van der Waals surface area contributed by atoms with E-state index >= 15 is 0 Å². The first-order valence-electron chi connectivity index (χ1n) is 5.39. The zero-order chi connectivity index (χ0) is 11.1. The molecule has 0 radical (unpaired) electrons. The molecule has 0 N–H and O–H groups in total. The molecule has 2 nitrogen and oxygen atoms in total. The summed E-state index contributed by atoms with van der Waals surface area (Å²) in [6.07, 6.45) is 2.43. The number of carbonyl (C=O) groups excluding carboxylic acids is 1. The van der Waals surface area contributed by atoms with Crippen molar-refractivity contribution in [1.29, 1.82) is 0 Å². The summed E-state index contributed by atoms with van der Waals surface area (Å²) < 4.78 is 4.64. The Kier molecular flexibility index (Phi) is 4.88. The Morgan fingerprint density at radius 2 is 2.00 bits per heavy atom. The van der Waals surface area contributed by atoms with Gasteiger partial charge in [0.25, 0.3) is 0 Å². The molecule has 82 valence electrons. The maximum Gasteiger partial charge on any atom is 0.305 e. The van der Waals surface area contributed by atoms with Crippen molar-refractivity contribution in [3.63, 3.8) is 0 Å². The van der Waals surface area contributed by atoms with Gasteiger partial charge in [-0.3, -0.25) is 4.79 Å². The standard InChI is InChI=1S/C13H18O2/c1-3-11(9-10-13(14)15-2)12-7-5-4-6-8-12/h4-8,11H,3,9-10H2,1-2H3/t11-/m0/s1. The van der Waals surface area contributed by atoms with Crippen LogP contribution in [0.5, 0.6) is 0 Å². The average Bonchev–Trinajstić information content (AvgIpc) is 2.31. The highest BCUT2D eigenvalue weighted by atomic mass is 16.5. The molecule has 1 atom stereocenters. The van der Waals surface area contributed by atoms with Crippen LogP contribution in [0.15, 0.2) is 30.3 Å². The molecule has 0 aliphatic rings. The first-order valence-corrected chi connectivity index (χ1v) is 5.39. The van der Waals surface area contributed by atoms with Crippen LogP contribution in [0, 0.1) is 0 Å². The lowest BCUT2D eigenvalue weighted by Crippen LogP contribution is -2.04. The molecule has 0 amide bonds. The number of hydrogen-bond donors (Lipinski definition) is 0. The quantitative estimate of drug-likeness (QED) is 0.692. The zero-order valence-electron chi connectivity index (χ0n) is 9.40. The van der Waals surface area contributed by atoms with Gasteiger partial charge in [0.05, 0.1) is 7.11 Å². The number of ether oxygens (including phenoxy) is 1. The minimum atomic E-state index is -0.121. The van der Waals surface area contributed by atoms with Crippen molar-refractivity contribution in [3.8, 4) is 0 Å². The molecule has 0 aromatic heterocycles. The van der Waals surface area contributed by atoms with Gasteiger partial charge in [-0.2, -0.15) is 0 Å². The molecule has 0 spiro atoms. The van der Waals surface area contributed by atoms with Gasteiger partial charge in [0.15, 0.2) is 0 Å². The van der Waals surface area contributed by atoms with E-state index in [0.717, 1.165) is 12.8 Å². The predicted molar refractivity (Wildman–Crippen MR) is 60.7 cm³/mol. The molecule has 1 aromatic carbocycles. The van der Waals surface area contributed by atoms with Gasteiger partial charge < -0.3 is 4.74 Å². The third-order valence-corrected chi connectivity index (χ3v) is 2.69.